The summed E-state index contributed by atoms with van der Waals surface area (Å²) in [7, 11) is 1.82. The Bertz CT molecular complexity index is 481. The quantitative estimate of drug-likeness (QED) is 0.646. The topological polar surface area (TPSA) is 45.7 Å². The number of nitrogens with one attached hydrogen (secondary N) is 2. The van der Waals surface area contributed by atoms with E-state index in [9.17, 15) is 0 Å². The molecule has 0 spiro atoms. The first-order chi connectivity index (χ1) is 10.7. The number of aryl methyl sites for hydroxylation is 1. The fourth-order valence-electron chi connectivity index (χ4n) is 2.55. The Balaban J connectivity index is 1.83. The molecular weight excluding hydrogens is 294 g/mol. The van der Waals surface area contributed by atoms with Gasteiger partial charge in [-0.15, -0.1) is 0 Å². The minimum atomic E-state index is 0.264. The van der Waals surface area contributed by atoms with Gasteiger partial charge in [0.15, 0.2) is 5.96 Å². The number of hydrogen-bond donors (Lipinski definition) is 2. The van der Waals surface area contributed by atoms with E-state index < -0.39 is 0 Å². The highest BCUT2D eigenvalue weighted by atomic mass is 32.2. The van der Waals surface area contributed by atoms with Crippen LogP contribution in [0.2, 0.25) is 0 Å². The van der Waals surface area contributed by atoms with Crippen molar-refractivity contribution in [2.75, 3.05) is 33.1 Å². The van der Waals surface area contributed by atoms with Gasteiger partial charge < -0.3 is 15.4 Å². The Kier molecular flexibility index (Phi) is 6.58. The van der Waals surface area contributed by atoms with Crippen molar-refractivity contribution in [2.24, 2.45) is 4.99 Å². The normalized spacial score (nSPS) is 18.0. The first kappa shape index (κ1) is 17.2. The summed E-state index contributed by atoms with van der Waals surface area (Å²) in [6.45, 7) is 5.53. The summed E-state index contributed by atoms with van der Waals surface area (Å²) in [5, 5.41) is 6.86. The highest BCUT2D eigenvalue weighted by molar-refractivity contribution is 8.00. The van der Waals surface area contributed by atoms with Gasteiger partial charge in [-0.05, 0) is 31.6 Å². The maximum Gasteiger partial charge on any atom is 0.191 e. The maximum atomic E-state index is 5.49. The van der Waals surface area contributed by atoms with Crippen LogP contribution in [0.3, 0.4) is 0 Å². The Morgan fingerprint density at radius 2 is 1.91 bits per heavy atom. The molecule has 0 radical (unpaired) electrons. The largest absolute Gasteiger partial charge is 0.381 e. The number of guanidine groups is 1. The molecule has 1 aliphatic rings. The molecule has 1 aromatic rings. The number of ether oxygens (including phenoxy) is 1. The number of nitrogens with zero attached hydrogens (tertiary/aromatic N) is 1. The van der Waals surface area contributed by atoms with Gasteiger partial charge in [0.25, 0.3) is 0 Å². The van der Waals surface area contributed by atoms with Crippen molar-refractivity contribution < 1.29 is 4.74 Å². The Morgan fingerprint density at radius 3 is 2.50 bits per heavy atom. The minimum Gasteiger partial charge on any atom is -0.381 e. The molecule has 4 nitrogen and oxygen atoms in total. The molecule has 0 aliphatic carbocycles. The van der Waals surface area contributed by atoms with E-state index in [-0.39, 0.29) is 4.75 Å². The summed E-state index contributed by atoms with van der Waals surface area (Å²) in [5.41, 5.74) is 2.55. The van der Waals surface area contributed by atoms with E-state index in [1.165, 1.54) is 11.1 Å². The van der Waals surface area contributed by atoms with Crippen LogP contribution in [0, 0.1) is 6.92 Å². The van der Waals surface area contributed by atoms with Crippen LogP contribution in [-0.2, 0) is 11.3 Å². The highest BCUT2D eigenvalue weighted by Crippen LogP contribution is 2.32. The number of hydrogen-bond acceptors (Lipinski definition) is 3. The van der Waals surface area contributed by atoms with Crippen molar-refractivity contribution in [3.05, 3.63) is 35.4 Å². The molecule has 2 rings (SSSR count). The first-order valence-electron chi connectivity index (χ1n) is 7.80. The Hall–Kier alpha value is -1.20. The number of benzene rings is 1. The third-order valence-corrected chi connectivity index (χ3v) is 5.64. The smallest absolute Gasteiger partial charge is 0.191 e. The van der Waals surface area contributed by atoms with Crippen LogP contribution >= 0.6 is 11.8 Å². The van der Waals surface area contributed by atoms with Crippen molar-refractivity contribution in [3.63, 3.8) is 0 Å². The molecule has 1 saturated heterocycles. The van der Waals surface area contributed by atoms with Crippen LogP contribution in [0.25, 0.3) is 0 Å². The SMILES string of the molecule is CN=C(NCc1ccc(C)cc1)NCC1(SC)CCOCC1. The van der Waals surface area contributed by atoms with Crippen molar-refractivity contribution in [1.29, 1.82) is 0 Å². The van der Waals surface area contributed by atoms with Crippen molar-refractivity contribution in [1.82, 2.24) is 10.6 Å². The third-order valence-electron chi connectivity index (χ3n) is 4.22. The van der Waals surface area contributed by atoms with Gasteiger partial charge in [0.2, 0.25) is 0 Å². The monoisotopic (exact) mass is 321 g/mol. The van der Waals surface area contributed by atoms with E-state index in [1.54, 1.807) is 0 Å². The molecule has 0 aromatic heterocycles. The van der Waals surface area contributed by atoms with Crippen molar-refractivity contribution in [2.45, 2.75) is 31.1 Å². The fourth-order valence-corrected chi connectivity index (χ4v) is 3.35. The molecule has 0 unspecified atom stereocenters. The third kappa shape index (κ3) is 4.92. The minimum absolute atomic E-state index is 0.264. The zero-order chi connectivity index (χ0) is 15.8. The summed E-state index contributed by atoms with van der Waals surface area (Å²) in [6, 6.07) is 8.57. The summed E-state index contributed by atoms with van der Waals surface area (Å²) in [6.07, 6.45) is 4.38. The lowest BCUT2D eigenvalue weighted by Crippen LogP contribution is -2.47. The summed E-state index contributed by atoms with van der Waals surface area (Å²) < 4.78 is 5.75. The van der Waals surface area contributed by atoms with Crippen LogP contribution in [-0.4, -0.2) is 43.8 Å². The van der Waals surface area contributed by atoms with Gasteiger partial charge in [-0.1, -0.05) is 29.8 Å². The van der Waals surface area contributed by atoms with E-state index in [2.05, 4.69) is 53.1 Å². The van der Waals surface area contributed by atoms with Gasteiger partial charge >= 0.3 is 0 Å². The molecule has 0 bridgehead atoms. The molecule has 1 aromatic carbocycles. The predicted molar refractivity (Wildman–Crippen MR) is 95.7 cm³/mol. The van der Waals surface area contributed by atoms with E-state index in [4.69, 9.17) is 4.74 Å². The molecular formula is C17H27N3OS. The molecule has 5 heteroatoms. The number of thioether (sulfide) groups is 1. The second-order valence-corrected chi connectivity index (χ2v) is 7.04. The van der Waals surface area contributed by atoms with Gasteiger partial charge in [-0.3, -0.25) is 4.99 Å². The van der Waals surface area contributed by atoms with Gasteiger partial charge in [-0.25, -0.2) is 0 Å². The van der Waals surface area contributed by atoms with Gasteiger partial charge in [0.05, 0.1) is 0 Å². The lowest BCUT2D eigenvalue weighted by Gasteiger charge is -2.36. The van der Waals surface area contributed by atoms with E-state index in [0.29, 0.717) is 0 Å². The summed E-state index contributed by atoms with van der Waals surface area (Å²) in [5.74, 6) is 0.862. The predicted octanol–water partition coefficient (Wildman–Crippen LogP) is 2.57. The summed E-state index contributed by atoms with van der Waals surface area (Å²) >= 11 is 1.94. The standard InChI is InChI=1S/C17H27N3OS/c1-14-4-6-15(7-5-14)12-19-16(18-2)20-13-17(22-3)8-10-21-11-9-17/h4-7H,8-13H2,1-3H3,(H2,18,19,20). The average Bonchev–Trinajstić information content (AvgIpc) is 2.57. The number of rotatable bonds is 5. The van der Waals surface area contributed by atoms with E-state index in [0.717, 1.165) is 45.1 Å². The zero-order valence-corrected chi connectivity index (χ0v) is 14.6. The Labute approximate surface area is 138 Å². The van der Waals surface area contributed by atoms with Gasteiger partial charge in [-0.2, -0.15) is 11.8 Å². The maximum absolute atomic E-state index is 5.49. The highest BCUT2D eigenvalue weighted by Gasteiger charge is 2.31. The zero-order valence-electron chi connectivity index (χ0n) is 13.8. The lowest BCUT2D eigenvalue weighted by atomic mass is 9.99. The summed E-state index contributed by atoms with van der Waals surface area (Å²) in [4.78, 5) is 4.32. The molecule has 0 saturated carbocycles. The van der Waals surface area contributed by atoms with Crippen molar-refractivity contribution >= 4 is 17.7 Å². The second-order valence-electron chi connectivity index (χ2n) is 5.76. The number of aliphatic imine (C=N–C) groups is 1. The average molecular weight is 321 g/mol. The molecule has 0 amide bonds. The van der Waals surface area contributed by atoms with Crippen LogP contribution < -0.4 is 10.6 Å². The van der Waals surface area contributed by atoms with Crippen molar-refractivity contribution in [3.8, 4) is 0 Å². The van der Waals surface area contributed by atoms with E-state index in [1.807, 2.05) is 18.8 Å². The molecule has 22 heavy (non-hydrogen) atoms. The molecule has 2 N–H and O–H groups in total. The van der Waals surface area contributed by atoms with Crippen LogP contribution in [0.4, 0.5) is 0 Å². The van der Waals surface area contributed by atoms with Crippen LogP contribution in [0.15, 0.2) is 29.3 Å². The molecule has 122 valence electrons. The van der Waals surface area contributed by atoms with E-state index >= 15 is 0 Å². The lowest BCUT2D eigenvalue weighted by molar-refractivity contribution is 0.0783. The van der Waals surface area contributed by atoms with Gasteiger partial charge in [0, 0.05) is 38.1 Å². The fraction of sp³-hybridized carbons (Fsp3) is 0.588. The Morgan fingerprint density at radius 1 is 1.23 bits per heavy atom. The second kappa shape index (κ2) is 8.44. The first-order valence-corrected chi connectivity index (χ1v) is 9.03. The van der Waals surface area contributed by atoms with Crippen LogP contribution in [0.5, 0.6) is 0 Å². The van der Waals surface area contributed by atoms with Crippen LogP contribution in [0.1, 0.15) is 24.0 Å². The molecule has 1 heterocycles. The molecule has 0 atom stereocenters. The molecule has 1 aliphatic heterocycles. The molecule has 1 fully saturated rings. The van der Waals surface area contributed by atoms with Gasteiger partial charge in [0.1, 0.15) is 0 Å².